The Morgan fingerprint density at radius 2 is 2.06 bits per heavy atom. The highest BCUT2D eigenvalue weighted by atomic mass is 35.5. The molecule has 1 unspecified atom stereocenters. The lowest BCUT2D eigenvalue weighted by Crippen LogP contribution is -2.17. The average Bonchev–Trinajstić information content (AvgIpc) is 2.28. The summed E-state index contributed by atoms with van der Waals surface area (Å²) in [5.74, 6) is 0. The lowest BCUT2D eigenvalue weighted by molar-refractivity contribution is 0.510. The van der Waals surface area contributed by atoms with Crippen molar-refractivity contribution in [2.24, 2.45) is 0 Å². The number of rotatable bonds is 6. The molecule has 2 heteroatoms. The van der Waals surface area contributed by atoms with Gasteiger partial charge in [0.2, 0.25) is 0 Å². The molecule has 0 amide bonds. The second-order valence-corrected chi connectivity index (χ2v) is 4.77. The molecule has 16 heavy (non-hydrogen) atoms. The van der Waals surface area contributed by atoms with Crippen LogP contribution in [0.1, 0.15) is 49.8 Å². The van der Waals surface area contributed by atoms with Gasteiger partial charge in [0.25, 0.3) is 0 Å². The number of hydrogen-bond donors (Lipinski definition) is 1. The van der Waals surface area contributed by atoms with Crippen LogP contribution in [0.5, 0.6) is 0 Å². The van der Waals surface area contributed by atoms with E-state index in [2.05, 4.69) is 31.3 Å². The number of unbranched alkanes of at least 4 members (excludes halogenated alkanes) is 2. The van der Waals surface area contributed by atoms with E-state index in [0.29, 0.717) is 6.04 Å². The molecule has 1 aromatic rings. The number of nitrogens with one attached hydrogen (secondary N) is 1. The molecule has 0 aliphatic rings. The smallest absolute Gasteiger partial charge is 0.0409 e. The number of aryl methyl sites for hydroxylation is 1. The Morgan fingerprint density at radius 1 is 1.31 bits per heavy atom. The van der Waals surface area contributed by atoms with Crippen molar-refractivity contribution >= 4 is 11.6 Å². The fraction of sp³-hybridized carbons (Fsp3) is 0.571. The van der Waals surface area contributed by atoms with E-state index in [4.69, 9.17) is 11.6 Å². The van der Waals surface area contributed by atoms with Gasteiger partial charge in [0.15, 0.2) is 0 Å². The molecule has 1 atom stereocenters. The molecule has 1 aromatic carbocycles. The van der Waals surface area contributed by atoms with Gasteiger partial charge in [0.05, 0.1) is 0 Å². The van der Waals surface area contributed by atoms with Crippen molar-refractivity contribution in [1.82, 2.24) is 5.32 Å². The highest BCUT2D eigenvalue weighted by molar-refractivity contribution is 6.30. The Labute approximate surface area is 104 Å². The summed E-state index contributed by atoms with van der Waals surface area (Å²) in [6.07, 6.45) is 5.03. The summed E-state index contributed by atoms with van der Waals surface area (Å²) in [5, 5.41) is 4.22. The van der Waals surface area contributed by atoms with Gasteiger partial charge in [0.1, 0.15) is 0 Å². The van der Waals surface area contributed by atoms with Crippen LogP contribution in [0.15, 0.2) is 18.2 Å². The second-order valence-electron chi connectivity index (χ2n) is 4.34. The molecule has 1 nitrogen and oxygen atoms in total. The molecule has 0 radical (unpaired) electrons. The van der Waals surface area contributed by atoms with Crippen molar-refractivity contribution in [2.45, 2.75) is 45.6 Å². The summed E-state index contributed by atoms with van der Waals surface area (Å²) >= 11 is 6.05. The van der Waals surface area contributed by atoms with Gasteiger partial charge in [-0.1, -0.05) is 43.9 Å². The standard InChI is InChI=1S/C14H22ClN/c1-4-5-6-7-14(16-3)13-10-12(15)9-8-11(13)2/h8-10,14,16H,4-7H2,1-3H3. The maximum atomic E-state index is 6.05. The van der Waals surface area contributed by atoms with Gasteiger partial charge in [-0.05, 0) is 43.7 Å². The first-order chi connectivity index (χ1) is 7.69. The fourth-order valence-corrected chi connectivity index (χ4v) is 2.22. The highest BCUT2D eigenvalue weighted by Crippen LogP contribution is 2.25. The van der Waals surface area contributed by atoms with Crippen molar-refractivity contribution in [3.05, 3.63) is 34.3 Å². The maximum Gasteiger partial charge on any atom is 0.0409 e. The van der Waals surface area contributed by atoms with Gasteiger partial charge in [-0.3, -0.25) is 0 Å². The van der Waals surface area contributed by atoms with Crippen LogP contribution in [0.2, 0.25) is 5.02 Å². The van der Waals surface area contributed by atoms with E-state index >= 15 is 0 Å². The predicted molar refractivity (Wildman–Crippen MR) is 72.1 cm³/mol. The van der Waals surface area contributed by atoms with Crippen LogP contribution in [0.3, 0.4) is 0 Å². The molecule has 1 N–H and O–H groups in total. The first-order valence-electron chi connectivity index (χ1n) is 6.12. The summed E-state index contributed by atoms with van der Waals surface area (Å²) < 4.78 is 0. The van der Waals surface area contributed by atoms with E-state index in [9.17, 15) is 0 Å². The third-order valence-corrected chi connectivity index (χ3v) is 3.30. The molecular weight excluding hydrogens is 218 g/mol. The molecular formula is C14H22ClN. The third kappa shape index (κ3) is 3.80. The molecule has 0 saturated carbocycles. The molecule has 0 aliphatic heterocycles. The van der Waals surface area contributed by atoms with Crippen LogP contribution in [0, 0.1) is 6.92 Å². The normalized spacial score (nSPS) is 12.8. The van der Waals surface area contributed by atoms with Crippen LogP contribution in [-0.2, 0) is 0 Å². The van der Waals surface area contributed by atoms with E-state index < -0.39 is 0 Å². The molecule has 0 bridgehead atoms. The minimum Gasteiger partial charge on any atom is -0.313 e. The van der Waals surface area contributed by atoms with Crippen molar-refractivity contribution in [1.29, 1.82) is 0 Å². The van der Waals surface area contributed by atoms with Gasteiger partial charge in [-0.15, -0.1) is 0 Å². The van der Waals surface area contributed by atoms with Crippen LogP contribution in [-0.4, -0.2) is 7.05 Å². The predicted octanol–water partition coefficient (Wildman–Crippen LogP) is 4.49. The summed E-state index contributed by atoms with van der Waals surface area (Å²) in [7, 11) is 2.02. The second kappa shape index (κ2) is 6.93. The zero-order valence-electron chi connectivity index (χ0n) is 10.5. The quantitative estimate of drug-likeness (QED) is 0.722. The van der Waals surface area contributed by atoms with E-state index in [1.165, 1.54) is 36.8 Å². The van der Waals surface area contributed by atoms with Crippen LogP contribution >= 0.6 is 11.6 Å². The van der Waals surface area contributed by atoms with Gasteiger partial charge >= 0.3 is 0 Å². The zero-order valence-corrected chi connectivity index (χ0v) is 11.3. The Morgan fingerprint density at radius 3 is 2.69 bits per heavy atom. The maximum absolute atomic E-state index is 6.05. The number of halogens is 1. The molecule has 0 fully saturated rings. The van der Waals surface area contributed by atoms with Crippen molar-refractivity contribution in [2.75, 3.05) is 7.05 Å². The molecule has 0 heterocycles. The minimum atomic E-state index is 0.435. The average molecular weight is 240 g/mol. The summed E-state index contributed by atoms with van der Waals surface area (Å²) in [5.41, 5.74) is 2.66. The summed E-state index contributed by atoms with van der Waals surface area (Å²) in [6.45, 7) is 4.38. The monoisotopic (exact) mass is 239 g/mol. The van der Waals surface area contributed by atoms with Crippen LogP contribution in [0.25, 0.3) is 0 Å². The van der Waals surface area contributed by atoms with E-state index in [1.807, 2.05) is 13.1 Å². The Hall–Kier alpha value is -0.530. The van der Waals surface area contributed by atoms with E-state index in [-0.39, 0.29) is 0 Å². The number of hydrogen-bond acceptors (Lipinski definition) is 1. The zero-order chi connectivity index (χ0) is 12.0. The fourth-order valence-electron chi connectivity index (χ4n) is 2.04. The van der Waals surface area contributed by atoms with E-state index in [1.54, 1.807) is 0 Å². The molecule has 0 spiro atoms. The van der Waals surface area contributed by atoms with Crippen LogP contribution < -0.4 is 5.32 Å². The topological polar surface area (TPSA) is 12.0 Å². The van der Waals surface area contributed by atoms with Gasteiger partial charge in [-0.2, -0.15) is 0 Å². The largest absolute Gasteiger partial charge is 0.313 e. The molecule has 0 saturated heterocycles. The first kappa shape index (κ1) is 13.5. The number of benzene rings is 1. The van der Waals surface area contributed by atoms with Gasteiger partial charge < -0.3 is 5.32 Å². The molecule has 0 aromatic heterocycles. The Balaban J connectivity index is 2.73. The van der Waals surface area contributed by atoms with Crippen LogP contribution in [0.4, 0.5) is 0 Å². The summed E-state index contributed by atoms with van der Waals surface area (Å²) in [4.78, 5) is 0. The first-order valence-corrected chi connectivity index (χ1v) is 6.50. The SMILES string of the molecule is CCCCCC(NC)c1cc(Cl)ccc1C. The van der Waals surface area contributed by atoms with Crippen molar-refractivity contribution < 1.29 is 0 Å². The Bertz CT molecular complexity index is 323. The van der Waals surface area contributed by atoms with Gasteiger partial charge in [0, 0.05) is 11.1 Å². The van der Waals surface area contributed by atoms with Gasteiger partial charge in [-0.25, -0.2) is 0 Å². The van der Waals surface area contributed by atoms with E-state index in [0.717, 1.165) is 5.02 Å². The lowest BCUT2D eigenvalue weighted by Gasteiger charge is -2.19. The highest BCUT2D eigenvalue weighted by Gasteiger charge is 2.11. The minimum absolute atomic E-state index is 0.435. The Kier molecular flexibility index (Phi) is 5.86. The molecule has 90 valence electrons. The summed E-state index contributed by atoms with van der Waals surface area (Å²) in [6, 6.07) is 6.58. The third-order valence-electron chi connectivity index (χ3n) is 3.06. The molecule has 1 rings (SSSR count). The van der Waals surface area contributed by atoms with Crippen molar-refractivity contribution in [3.8, 4) is 0 Å². The van der Waals surface area contributed by atoms with Crippen molar-refractivity contribution in [3.63, 3.8) is 0 Å². The molecule has 0 aliphatic carbocycles. The lowest BCUT2D eigenvalue weighted by atomic mass is 9.97.